The van der Waals surface area contributed by atoms with E-state index in [0.717, 1.165) is 24.2 Å². The summed E-state index contributed by atoms with van der Waals surface area (Å²) in [5.41, 5.74) is 5.02. The van der Waals surface area contributed by atoms with Gasteiger partial charge in [0.2, 0.25) is 5.91 Å². The lowest BCUT2D eigenvalue weighted by molar-refractivity contribution is -0.131. The molecule has 0 spiro atoms. The molecule has 0 aliphatic rings. The Bertz CT molecular complexity index is 349. The van der Waals surface area contributed by atoms with Crippen LogP contribution in [0.5, 0.6) is 0 Å². The predicted octanol–water partition coefficient (Wildman–Crippen LogP) is 4.24. The number of carbonyl (C=O) groups is 2. The van der Waals surface area contributed by atoms with Crippen molar-refractivity contribution in [2.24, 2.45) is 5.73 Å². The summed E-state index contributed by atoms with van der Waals surface area (Å²) in [5, 5.41) is 0. The molecule has 0 aromatic carbocycles. The largest absolute Gasteiger partial charge is 0.443 e. The zero-order valence-electron chi connectivity index (χ0n) is 15.7. The molecule has 2 N–H and O–H groups in total. The fraction of sp³-hybridized carbons (Fsp3) is 0.889. The number of hydrogen-bond donors (Lipinski definition) is 1. The molecule has 5 heteroatoms. The number of carbonyl (C=O) groups excluding carboxylic acids is 2. The van der Waals surface area contributed by atoms with Crippen LogP contribution in [0, 0.1) is 0 Å². The van der Waals surface area contributed by atoms with Crippen LogP contribution >= 0.6 is 0 Å². The molecule has 23 heavy (non-hydrogen) atoms. The molecule has 0 rings (SSSR count). The summed E-state index contributed by atoms with van der Waals surface area (Å²) < 4.78 is 5.30. The molecule has 0 aromatic rings. The maximum atomic E-state index is 12.2. The van der Waals surface area contributed by atoms with Gasteiger partial charge in [0.15, 0.2) is 0 Å². The minimum absolute atomic E-state index is 0.373. The van der Waals surface area contributed by atoms with E-state index >= 15 is 0 Å². The summed E-state index contributed by atoms with van der Waals surface area (Å²) in [6.45, 7) is 9.54. The standard InChI is InChI=1S/C18H36N2O3/c1-6-7-8-9-10-11-12-13-14-20(16(21)15(2)19)17(22)23-18(3,4)5/h15H,6-14,19H2,1-5H3. The number of imide groups is 1. The molecule has 136 valence electrons. The first kappa shape index (κ1) is 21.9. The molecule has 0 fully saturated rings. The summed E-state index contributed by atoms with van der Waals surface area (Å²) in [6, 6.07) is -0.698. The maximum Gasteiger partial charge on any atom is 0.417 e. The molecule has 0 radical (unpaired) electrons. The first-order valence-corrected chi connectivity index (χ1v) is 8.99. The lowest BCUT2D eigenvalue weighted by Crippen LogP contribution is -2.47. The van der Waals surface area contributed by atoms with Crippen molar-refractivity contribution in [3.8, 4) is 0 Å². The fourth-order valence-corrected chi connectivity index (χ4v) is 2.26. The second-order valence-electron chi connectivity index (χ2n) is 7.23. The molecule has 0 bridgehead atoms. The third-order valence-electron chi connectivity index (χ3n) is 3.50. The van der Waals surface area contributed by atoms with Crippen LogP contribution in [0.15, 0.2) is 0 Å². The van der Waals surface area contributed by atoms with E-state index in [1.807, 2.05) is 0 Å². The number of ether oxygens (including phenoxy) is 1. The molecule has 0 heterocycles. The van der Waals surface area contributed by atoms with Crippen LogP contribution in [0.4, 0.5) is 4.79 Å². The number of nitrogens with two attached hydrogens (primary N) is 1. The quantitative estimate of drug-likeness (QED) is 0.609. The lowest BCUT2D eigenvalue weighted by Gasteiger charge is -2.27. The van der Waals surface area contributed by atoms with E-state index in [2.05, 4.69) is 6.92 Å². The first-order chi connectivity index (χ1) is 10.7. The van der Waals surface area contributed by atoms with Crippen molar-refractivity contribution in [3.05, 3.63) is 0 Å². The van der Waals surface area contributed by atoms with Crippen molar-refractivity contribution < 1.29 is 14.3 Å². The van der Waals surface area contributed by atoms with Crippen molar-refractivity contribution >= 4 is 12.0 Å². The van der Waals surface area contributed by atoms with Gasteiger partial charge >= 0.3 is 6.09 Å². The van der Waals surface area contributed by atoms with E-state index in [1.54, 1.807) is 27.7 Å². The Morgan fingerprint density at radius 1 is 1.00 bits per heavy atom. The van der Waals surface area contributed by atoms with Gasteiger partial charge in [0.25, 0.3) is 0 Å². The zero-order chi connectivity index (χ0) is 17.9. The summed E-state index contributed by atoms with van der Waals surface area (Å²) >= 11 is 0. The molecule has 0 saturated heterocycles. The van der Waals surface area contributed by atoms with E-state index in [1.165, 1.54) is 32.1 Å². The SMILES string of the molecule is CCCCCCCCCCN(C(=O)OC(C)(C)C)C(=O)C(C)N. The Balaban J connectivity index is 4.23. The second kappa shape index (κ2) is 11.4. The van der Waals surface area contributed by atoms with Gasteiger partial charge in [-0.25, -0.2) is 9.69 Å². The highest BCUT2D eigenvalue weighted by atomic mass is 16.6. The molecule has 2 amide bonds. The van der Waals surface area contributed by atoms with E-state index in [-0.39, 0.29) is 5.91 Å². The predicted molar refractivity (Wildman–Crippen MR) is 94.2 cm³/mol. The van der Waals surface area contributed by atoms with Crippen molar-refractivity contribution in [1.29, 1.82) is 0 Å². The maximum absolute atomic E-state index is 12.2. The van der Waals surface area contributed by atoms with Gasteiger partial charge in [-0.1, -0.05) is 51.9 Å². The van der Waals surface area contributed by atoms with Crippen molar-refractivity contribution in [1.82, 2.24) is 4.90 Å². The summed E-state index contributed by atoms with van der Waals surface area (Å²) in [5.74, 6) is -0.373. The van der Waals surface area contributed by atoms with Gasteiger partial charge in [-0.15, -0.1) is 0 Å². The Morgan fingerprint density at radius 3 is 1.91 bits per heavy atom. The Hall–Kier alpha value is -1.10. The highest BCUT2D eigenvalue weighted by Gasteiger charge is 2.28. The molecule has 0 saturated carbocycles. The van der Waals surface area contributed by atoms with Crippen molar-refractivity contribution in [2.45, 2.75) is 97.6 Å². The number of hydrogen-bond acceptors (Lipinski definition) is 4. The van der Waals surface area contributed by atoms with Gasteiger partial charge in [0.05, 0.1) is 6.04 Å². The van der Waals surface area contributed by atoms with Gasteiger partial charge in [0.1, 0.15) is 5.60 Å². The highest BCUT2D eigenvalue weighted by Crippen LogP contribution is 2.13. The van der Waals surface area contributed by atoms with Crippen LogP contribution < -0.4 is 5.73 Å². The third kappa shape index (κ3) is 11.1. The highest BCUT2D eigenvalue weighted by molar-refractivity contribution is 5.94. The Kier molecular flexibility index (Phi) is 10.9. The molecule has 0 aliphatic heterocycles. The van der Waals surface area contributed by atoms with Crippen LogP contribution in [-0.2, 0) is 9.53 Å². The van der Waals surface area contributed by atoms with Crippen LogP contribution in [0.3, 0.4) is 0 Å². The monoisotopic (exact) mass is 328 g/mol. The van der Waals surface area contributed by atoms with E-state index in [0.29, 0.717) is 6.54 Å². The minimum atomic E-state index is -0.698. The first-order valence-electron chi connectivity index (χ1n) is 8.99. The Labute approximate surface area is 141 Å². The van der Waals surface area contributed by atoms with Crippen LogP contribution in [0.2, 0.25) is 0 Å². The van der Waals surface area contributed by atoms with Crippen LogP contribution in [-0.4, -0.2) is 35.1 Å². The van der Waals surface area contributed by atoms with Gasteiger partial charge in [0, 0.05) is 6.54 Å². The summed E-state index contributed by atoms with van der Waals surface area (Å²) in [4.78, 5) is 25.4. The van der Waals surface area contributed by atoms with Crippen molar-refractivity contribution in [2.75, 3.05) is 6.54 Å². The van der Waals surface area contributed by atoms with E-state index in [4.69, 9.17) is 10.5 Å². The lowest BCUT2D eigenvalue weighted by atomic mass is 10.1. The normalized spacial score (nSPS) is 12.8. The number of nitrogens with zero attached hydrogens (tertiary/aromatic N) is 1. The number of rotatable bonds is 10. The van der Waals surface area contributed by atoms with Gasteiger partial charge in [-0.2, -0.15) is 0 Å². The number of amides is 2. The van der Waals surface area contributed by atoms with E-state index in [9.17, 15) is 9.59 Å². The Morgan fingerprint density at radius 2 is 1.48 bits per heavy atom. The number of unbranched alkanes of at least 4 members (excludes halogenated alkanes) is 7. The molecular weight excluding hydrogens is 292 g/mol. The topological polar surface area (TPSA) is 72.6 Å². The zero-order valence-corrected chi connectivity index (χ0v) is 15.7. The second-order valence-corrected chi connectivity index (χ2v) is 7.23. The molecule has 0 aromatic heterocycles. The van der Waals surface area contributed by atoms with Crippen LogP contribution in [0.25, 0.3) is 0 Å². The van der Waals surface area contributed by atoms with Crippen molar-refractivity contribution in [3.63, 3.8) is 0 Å². The minimum Gasteiger partial charge on any atom is -0.443 e. The fourth-order valence-electron chi connectivity index (χ4n) is 2.26. The molecule has 1 unspecified atom stereocenters. The smallest absolute Gasteiger partial charge is 0.417 e. The van der Waals surface area contributed by atoms with Crippen LogP contribution in [0.1, 0.15) is 86.0 Å². The summed E-state index contributed by atoms with van der Waals surface area (Å²) in [7, 11) is 0. The van der Waals surface area contributed by atoms with Gasteiger partial charge in [-0.05, 0) is 34.1 Å². The van der Waals surface area contributed by atoms with E-state index < -0.39 is 17.7 Å². The average molecular weight is 328 g/mol. The van der Waals surface area contributed by atoms with Gasteiger partial charge in [-0.3, -0.25) is 4.79 Å². The third-order valence-corrected chi connectivity index (χ3v) is 3.50. The molecular formula is C18H36N2O3. The molecule has 1 atom stereocenters. The average Bonchev–Trinajstić information content (AvgIpc) is 2.43. The molecule has 0 aliphatic carbocycles. The van der Waals surface area contributed by atoms with Gasteiger partial charge < -0.3 is 10.5 Å². The molecule has 5 nitrogen and oxygen atoms in total. The summed E-state index contributed by atoms with van der Waals surface area (Å²) in [6.07, 6.45) is 8.68.